The molecule has 4 aromatic rings. The smallest absolute Gasteiger partial charge is 0.278 e. The molecule has 0 amide bonds. The van der Waals surface area contributed by atoms with Crippen LogP contribution in [0, 0.1) is 0 Å². The van der Waals surface area contributed by atoms with Crippen LogP contribution in [0.5, 0.6) is 0 Å². The molecule has 1 aromatic carbocycles. The molecule has 162 valence electrons. The molecule has 0 bridgehead atoms. The molecule has 3 heterocycles. The van der Waals surface area contributed by atoms with Gasteiger partial charge in [0, 0.05) is 18.9 Å². The zero-order valence-electron chi connectivity index (χ0n) is 16.2. The van der Waals surface area contributed by atoms with Gasteiger partial charge in [0.25, 0.3) is 5.56 Å². The van der Waals surface area contributed by atoms with Crippen molar-refractivity contribution in [2.75, 3.05) is 11.9 Å². The maximum absolute atomic E-state index is 12.6. The van der Waals surface area contributed by atoms with Crippen molar-refractivity contribution in [1.82, 2.24) is 24.7 Å². The number of aromatic amines is 1. The normalized spacial score (nSPS) is 10.8. The summed E-state index contributed by atoms with van der Waals surface area (Å²) < 4.78 is 7.24. The van der Waals surface area contributed by atoms with Gasteiger partial charge in [-0.1, -0.05) is 35.3 Å². The van der Waals surface area contributed by atoms with Gasteiger partial charge in [-0.2, -0.15) is 5.10 Å². The molecule has 0 aliphatic carbocycles. The molecule has 0 fully saturated rings. The maximum atomic E-state index is 12.6. The third kappa shape index (κ3) is 5.74. The standard InChI is InChI=1S/C20H18Cl2N6O2.ClH/c21-15-4-3-13(8-16(15)22)10-24-20-26-17-11-25-28(18(17)19(29)27-20)6-7-30-12-14-2-1-5-23-9-14;/h1-5,8-9,11H,6-7,10,12H2,(H2,24,26,27,29);1H. The van der Waals surface area contributed by atoms with Crippen molar-refractivity contribution >= 4 is 52.6 Å². The molecule has 2 N–H and O–H groups in total. The first-order chi connectivity index (χ1) is 14.6. The summed E-state index contributed by atoms with van der Waals surface area (Å²) in [5, 5.41) is 8.31. The summed E-state index contributed by atoms with van der Waals surface area (Å²) in [6.07, 6.45) is 5.03. The zero-order chi connectivity index (χ0) is 20.9. The Morgan fingerprint density at radius 1 is 1.13 bits per heavy atom. The van der Waals surface area contributed by atoms with Crippen LogP contribution in [0.1, 0.15) is 11.1 Å². The Morgan fingerprint density at radius 3 is 2.77 bits per heavy atom. The molecule has 0 saturated heterocycles. The van der Waals surface area contributed by atoms with Gasteiger partial charge in [-0.05, 0) is 29.3 Å². The SMILES string of the molecule is Cl.O=c1[nH]c(NCc2ccc(Cl)c(Cl)c2)nc2cnn(CCOCc3cccnc3)c12. The highest BCUT2D eigenvalue weighted by atomic mass is 35.5. The van der Waals surface area contributed by atoms with E-state index in [1.807, 2.05) is 18.2 Å². The summed E-state index contributed by atoms with van der Waals surface area (Å²) >= 11 is 12.0. The Morgan fingerprint density at radius 2 is 2.00 bits per heavy atom. The highest BCUT2D eigenvalue weighted by Gasteiger charge is 2.11. The molecule has 4 rings (SSSR count). The van der Waals surface area contributed by atoms with Crippen molar-refractivity contribution in [3.8, 4) is 0 Å². The van der Waals surface area contributed by atoms with Gasteiger partial charge in [-0.3, -0.25) is 19.4 Å². The first-order valence-electron chi connectivity index (χ1n) is 9.20. The van der Waals surface area contributed by atoms with Crippen molar-refractivity contribution in [2.24, 2.45) is 0 Å². The number of hydrogen-bond acceptors (Lipinski definition) is 6. The first kappa shape index (κ1) is 23.0. The van der Waals surface area contributed by atoms with Gasteiger partial charge in [-0.25, -0.2) is 4.98 Å². The van der Waals surface area contributed by atoms with Gasteiger partial charge in [0.15, 0.2) is 5.52 Å². The predicted octanol–water partition coefficient (Wildman–Crippen LogP) is 4.07. The first-order valence-corrected chi connectivity index (χ1v) is 9.96. The summed E-state index contributed by atoms with van der Waals surface area (Å²) in [5.74, 6) is 0.353. The van der Waals surface area contributed by atoms with E-state index >= 15 is 0 Å². The predicted molar refractivity (Wildman–Crippen MR) is 123 cm³/mol. The molecule has 0 spiro atoms. The number of benzene rings is 1. The molecule has 0 aliphatic heterocycles. The van der Waals surface area contributed by atoms with Crippen LogP contribution >= 0.6 is 35.6 Å². The fourth-order valence-electron chi connectivity index (χ4n) is 2.92. The van der Waals surface area contributed by atoms with Crippen LogP contribution in [0.3, 0.4) is 0 Å². The van der Waals surface area contributed by atoms with Gasteiger partial charge in [-0.15, -0.1) is 12.4 Å². The highest BCUT2D eigenvalue weighted by molar-refractivity contribution is 6.42. The van der Waals surface area contributed by atoms with Crippen LogP contribution < -0.4 is 10.9 Å². The van der Waals surface area contributed by atoms with Crippen molar-refractivity contribution in [2.45, 2.75) is 19.7 Å². The second kappa shape index (κ2) is 10.6. The number of pyridine rings is 1. The van der Waals surface area contributed by atoms with E-state index in [2.05, 4.69) is 25.4 Å². The van der Waals surface area contributed by atoms with Gasteiger partial charge in [0.2, 0.25) is 5.95 Å². The van der Waals surface area contributed by atoms with Gasteiger partial charge in [0.05, 0.1) is 36.0 Å². The van der Waals surface area contributed by atoms with Gasteiger partial charge in [0.1, 0.15) is 5.52 Å². The summed E-state index contributed by atoms with van der Waals surface area (Å²) in [5.41, 5.74) is 2.53. The van der Waals surface area contributed by atoms with Gasteiger partial charge < -0.3 is 10.1 Å². The van der Waals surface area contributed by atoms with Crippen LogP contribution in [0.25, 0.3) is 11.0 Å². The number of aromatic nitrogens is 5. The number of hydrogen-bond donors (Lipinski definition) is 2. The second-order valence-electron chi connectivity index (χ2n) is 6.53. The quantitative estimate of drug-likeness (QED) is 0.368. The average molecular weight is 482 g/mol. The molecule has 11 heteroatoms. The van der Waals surface area contributed by atoms with Crippen molar-refractivity contribution in [3.05, 3.63) is 80.4 Å². The lowest BCUT2D eigenvalue weighted by molar-refractivity contribution is 0.111. The van der Waals surface area contributed by atoms with Crippen molar-refractivity contribution in [3.63, 3.8) is 0 Å². The van der Waals surface area contributed by atoms with Crippen LogP contribution in [0.4, 0.5) is 5.95 Å². The monoisotopic (exact) mass is 480 g/mol. The van der Waals surface area contributed by atoms with Crippen LogP contribution in [-0.2, 0) is 24.4 Å². The molecular weight excluding hydrogens is 463 g/mol. The Balaban J connectivity index is 0.00000272. The van der Waals surface area contributed by atoms with Crippen LogP contribution in [0.15, 0.2) is 53.7 Å². The lowest BCUT2D eigenvalue weighted by Crippen LogP contribution is -2.17. The second-order valence-corrected chi connectivity index (χ2v) is 7.35. The number of nitrogens with one attached hydrogen (secondary N) is 2. The largest absolute Gasteiger partial charge is 0.375 e. The third-order valence-corrected chi connectivity index (χ3v) is 5.12. The number of fused-ring (bicyclic) bond motifs is 1. The summed E-state index contributed by atoms with van der Waals surface area (Å²) in [6, 6.07) is 9.13. The van der Waals surface area contributed by atoms with E-state index in [9.17, 15) is 4.79 Å². The highest BCUT2D eigenvalue weighted by Crippen LogP contribution is 2.22. The van der Waals surface area contributed by atoms with E-state index in [-0.39, 0.29) is 18.0 Å². The number of ether oxygens (including phenoxy) is 1. The minimum Gasteiger partial charge on any atom is -0.375 e. The topological polar surface area (TPSA) is 97.7 Å². The fourth-order valence-corrected chi connectivity index (χ4v) is 3.24. The molecule has 0 atom stereocenters. The number of H-pyrrole nitrogens is 1. The minimum absolute atomic E-state index is 0. The number of rotatable bonds is 8. The molecular formula is C20H19Cl3N6O2. The minimum atomic E-state index is -0.276. The lowest BCUT2D eigenvalue weighted by atomic mass is 10.2. The van der Waals surface area contributed by atoms with Crippen molar-refractivity contribution < 1.29 is 4.74 Å². The zero-order valence-corrected chi connectivity index (χ0v) is 18.5. The molecule has 0 saturated carbocycles. The van der Waals surface area contributed by atoms with Crippen LogP contribution in [-0.4, -0.2) is 31.3 Å². The lowest BCUT2D eigenvalue weighted by Gasteiger charge is -2.08. The summed E-state index contributed by atoms with van der Waals surface area (Å²) in [6.45, 7) is 1.72. The third-order valence-electron chi connectivity index (χ3n) is 4.38. The molecule has 0 radical (unpaired) electrons. The molecule has 8 nitrogen and oxygen atoms in total. The summed E-state index contributed by atoms with van der Waals surface area (Å²) in [7, 11) is 0. The van der Waals surface area contributed by atoms with Crippen LogP contribution in [0.2, 0.25) is 10.0 Å². The molecule has 0 unspecified atom stereocenters. The van der Waals surface area contributed by atoms with Gasteiger partial charge >= 0.3 is 0 Å². The Kier molecular flexibility index (Phi) is 7.86. The van der Waals surface area contributed by atoms with E-state index in [0.717, 1.165) is 11.1 Å². The molecule has 31 heavy (non-hydrogen) atoms. The maximum Gasteiger partial charge on any atom is 0.278 e. The Hall–Kier alpha value is -2.65. The number of halogens is 3. The number of anilines is 1. The average Bonchev–Trinajstić information content (AvgIpc) is 3.16. The molecule has 0 aliphatic rings. The van der Waals surface area contributed by atoms with E-state index in [4.69, 9.17) is 27.9 Å². The Labute approximate surface area is 194 Å². The number of nitrogens with zero attached hydrogens (tertiary/aromatic N) is 4. The Bertz CT molecular complexity index is 1210. The van der Waals surface area contributed by atoms with E-state index in [1.165, 1.54) is 0 Å². The van der Waals surface area contributed by atoms with E-state index < -0.39 is 0 Å². The van der Waals surface area contributed by atoms with Crippen molar-refractivity contribution in [1.29, 1.82) is 0 Å². The fraction of sp³-hybridized carbons (Fsp3) is 0.200. The van der Waals surface area contributed by atoms with E-state index in [0.29, 0.717) is 53.3 Å². The summed E-state index contributed by atoms with van der Waals surface area (Å²) in [4.78, 5) is 23.8. The molecule has 3 aromatic heterocycles. The van der Waals surface area contributed by atoms with E-state index in [1.54, 1.807) is 35.4 Å².